The van der Waals surface area contributed by atoms with Gasteiger partial charge < -0.3 is 25.6 Å². The highest BCUT2D eigenvalue weighted by atomic mass is 35.5. The number of nitrogens with one attached hydrogen (secondary N) is 3. The third-order valence-corrected chi connectivity index (χ3v) is 8.20. The lowest BCUT2D eigenvalue weighted by Crippen LogP contribution is -2.45. The smallest absolute Gasteiger partial charge is 0.263 e. The average molecular weight is 587 g/mol. The zero-order valence-electron chi connectivity index (χ0n) is 21.8. The summed E-state index contributed by atoms with van der Waals surface area (Å²) in [6.45, 7) is 8.22. The molecule has 10 nitrogen and oxygen atoms in total. The summed E-state index contributed by atoms with van der Waals surface area (Å²) >= 11 is 7.76. The number of halogens is 1. The van der Waals surface area contributed by atoms with E-state index < -0.39 is 0 Å². The zero-order chi connectivity index (χ0) is 26.2. The van der Waals surface area contributed by atoms with E-state index in [4.69, 9.17) is 21.3 Å². The molecule has 1 aromatic carbocycles. The molecule has 5 heterocycles. The predicted octanol–water partition coefficient (Wildman–Crippen LogP) is 3.92. The van der Waals surface area contributed by atoms with Gasteiger partial charge in [0, 0.05) is 66.8 Å². The summed E-state index contributed by atoms with van der Waals surface area (Å²) in [6, 6.07) is 9.53. The van der Waals surface area contributed by atoms with Gasteiger partial charge in [-0.05, 0) is 38.2 Å². The highest BCUT2D eigenvalue weighted by molar-refractivity contribution is 7.59. The molecule has 0 bridgehead atoms. The Hall–Kier alpha value is -2.90. The first-order valence-corrected chi connectivity index (χ1v) is 13.9. The van der Waals surface area contributed by atoms with Crippen molar-refractivity contribution in [3.63, 3.8) is 0 Å². The summed E-state index contributed by atoms with van der Waals surface area (Å²) < 4.78 is 6.93. The van der Waals surface area contributed by atoms with Gasteiger partial charge in [0.05, 0.1) is 11.2 Å². The van der Waals surface area contributed by atoms with E-state index in [1.807, 2.05) is 31.2 Å². The zero-order valence-corrected chi connectivity index (χ0v) is 24.3. The molecule has 1 fully saturated rings. The first-order valence-electron chi connectivity index (χ1n) is 12.7. The molecule has 4 aromatic rings. The predicted molar refractivity (Wildman–Crippen MR) is 163 cm³/mol. The van der Waals surface area contributed by atoms with Crippen LogP contribution in [0.4, 0.5) is 17.5 Å². The highest BCUT2D eigenvalue weighted by Crippen LogP contribution is 2.41. The molecule has 13 heteroatoms. The number of anilines is 3. The summed E-state index contributed by atoms with van der Waals surface area (Å²) in [4.78, 5) is 31.7. The van der Waals surface area contributed by atoms with Gasteiger partial charge in [-0.25, -0.2) is 9.97 Å². The van der Waals surface area contributed by atoms with Gasteiger partial charge in [0.25, 0.3) is 5.91 Å². The van der Waals surface area contributed by atoms with Crippen molar-refractivity contribution in [1.82, 2.24) is 30.1 Å². The number of hydrogen-bond donors (Lipinski definition) is 3. The van der Waals surface area contributed by atoms with Crippen molar-refractivity contribution in [2.24, 2.45) is 0 Å². The van der Waals surface area contributed by atoms with Crippen molar-refractivity contribution in [1.29, 1.82) is 0 Å². The summed E-state index contributed by atoms with van der Waals surface area (Å²) in [5.74, 6) is 1.28. The molecule has 2 aliphatic rings. The molecule has 0 unspecified atom stereocenters. The Labute approximate surface area is 242 Å². The number of benzene rings is 1. The van der Waals surface area contributed by atoms with Gasteiger partial charge in [-0.15, -0.1) is 11.3 Å². The molecule has 0 aliphatic carbocycles. The Balaban J connectivity index is 0.00000308. The van der Waals surface area contributed by atoms with Gasteiger partial charge in [0.1, 0.15) is 22.5 Å². The van der Waals surface area contributed by atoms with Gasteiger partial charge in [-0.1, -0.05) is 11.6 Å². The number of carbonyl (C=O) groups is 1. The molecule has 206 valence electrons. The number of hydrogen-bond acceptors (Lipinski definition) is 10. The fraction of sp³-hybridized carbons (Fsp3) is 0.385. The standard InChI is InChI=1S/C26H29ClN8O2S.H2S/c1-15-14-28-23-22-16-3-6-20(30-17(16)4-5-18(22)38-24(23)25(36)29-15)32-26-31-19(27)13-21(33-26)37-12-11-35-9-7-34(2)8-10-35;/h3-6,13,15,28H,7-12,14H2,1-2H3,(H,29,36)(H,30,31,32,33);1H2/t15-;/m0./s1. The monoisotopic (exact) mass is 586 g/mol. The van der Waals surface area contributed by atoms with Crippen molar-refractivity contribution in [3.05, 3.63) is 40.4 Å². The van der Waals surface area contributed by atoms with E-state index in [1.165, 1.54) is 11.3 Å². The van der Waals surface area contributed by atoms with E-state index in [-0.39, 0.29) is 25.4 Å². The number of piperazine rings is 1. The maximum atomic E-state index is 12.7. The van der Waals surface area contributed by atoms with E-state index in [9.17, 15) is 4.79 Å². The number of pyridine rings is 1. The summed E-state index contributed by atoms with van der Waals surface area (Å²) in [6.07, 6.45) is 0. The minimum atomic E-state index is -0.0437. The number of fused-ring (bicyclic) bond motifs is 5. The molecule has 39 heavy (non-hydrogen) atoms. The Morgan fingerprint density at radius 1 is 1.15 bits per heavy atom. The molecule has 0 spiro atoms. The third kappa shape index (κ3) is 5.99. The molecular weight excluding hydrogens is 556 g/mol. The molecule has 3 aromatic heterocycles. The summed E-state index contributed by atoms with van der Waals surface area (Å²) in [7, 11) is 2.14. The molecule has 6 rings (SSSR count). The Morgan fingerprint density at radius 2 is 1.97 bits per heavy atom. The van der Waals surface area contributed by atoms with Crippen molar-refractivity contribution >= 4 is 80.8 Å². The lowest BCUT2D eigenvalue weighted by molar-refractivity contribution is 0.0949. The molecule has 3 N–H and O–H groups in total. The van der Waals surface area contributed by atoms with Gasteiger partial charge in [-0.3, -0.25) is 9.69 Å². The maximum absolute atomic E-state index is 12.7. The quantitative estimate of drug-likeness (QED) is 0.290. The number of carbonyl (C=O) groups excluding carboxylic acids is 1. The lowest BCUT2D eigenvalue weighted by atomic mass is 10.1. The van der Waals surface area contributed by atoms with E-state index in [1.54, 1.807) is 6.07 Å². The molecular formula is C26H31ClN8O2S2. The van der Waals surface area contributed by atoms with E-state index in [0.717, 1.165) is 59.4 Å². The van der Waals surface area contributed by atoms with Crippen molar-refractivity contribution in [2.45, 2.75) is 13.0 Å². The van der Waals surface area contributed by atoms with E-state index in [2.05, 4.69) is 42.8 Å². The molecule has 1 amide bonds. The Bertz CT molecular complexity index is 1510. The molecule has 0 radical (unpaired) electrons. The molecule has 0 saturated carbocycles. The minimum Gasteiger partial charge on any atom is -0.476 e. The SMILES string of the molecule is C[C@H]1CNc2c(sc3ccc4nc(Nc5nc(Cl)cc(OCCN6CCN(C)CC6)n5)ccc4c23)C(=O)N1.S. The Morgan fingerprint density at radius 3 is 2.79 bits per heavy atom. The number of nitrogens with zero attached hydrogens (tertiary/aromatic N) is 5. The van der Waals surface area contributed by atoms with Crippen LogP contribution in [-0.2, 0) is 0 Å². The van der Waals surface area contributed by atoms with Crippen LogP contribution in [0.15, 0.2) is 30.3 Å². The largest absolute Gasteiger partial charge is 0.476 e. The average Bonchev–Trinajstić information content (AvgIpc) is 3.21. The number of rotatable bonds is 6. The Kier molecular flexibility index (Phi) is 8.29. The minimum absolute atomic E-state index is 0. The van der Waals surface area contributed by atoms with E-state index >= 15 is 0 Å². The molecule has 1 atom stereocenters. The van der Waals surface area contributed by atoms with Gasteiger partial charge in [-0.2, -0.15) is 18.5 Å². The second-order valence-electron chi connectivity index (χ2n) is 9.73. The number of aromatic nitrogens is 3. The van der Waals surface area contributed by atoms with Gasteiger partial charge >= 0.3 is 0 Å². The molecule has 2 aliphatic heterocycles. The fourth-order valence-corrected chi connectivity index (χ4v) is 6.06. The number of amides is 1. The molecule has 1 saturated heterocycles. The number of likely N-dealkylation sites (N-methyl/N-ethyl adjacent to an activating group) is 1. The van der Waals surface area contributed by atoms with E-state index in [0.29, 0.717) is 40.8 Å². The van der Waals surface area contributed by atoms with Crippen LogP contribution in [0.25, 0.3) is 21.0 Å². The number of ether oxygens (including phenoxy) is 1. The van der Waals surface area contributed by atoms with Crippen LogP contribution in [0.1, 0.15) is 16.6 Å². The van der Waals surface area contributed by atoms with Crippen LogP contribution in [0.3, 0.4) is 0 Å². The first kappa shape index (κ1) is 27.7. The number of thiophene rings is 1. The van der Waals surface area contributed by atoms with Crippen LogP contribution in [0.2, 0.25) is 5.15 Å². The van der Waals surface area contributed by atoms with Crippen molar-refractivity contribution < 1.29 is 9.53 Å². The van der Waals surface area contributed by atoms with Gasteiger partial charge in [0.2, 0.25) is 11.8 Å². The topological polar surface area (TPSA) is 108 Å². The first-order chi connectivity index (χ1) is 18.4. The van der Waals surface area contributed by atoms with Crippen LogP contribution in [-0.4, -0.2) is 89.6 Å². The normalized spacial score (nSPS) is 18.1. The maximum Gasteiger partial charge on any atom is 0.263 e. The van der Waals surface area contributed by atoms with Crippen molar-refractivity contribution in [3.8, 4) is 5.88 Å². The van der Waals surface area contributed by atoms with Crippen molar-refractivity contribution in [2.75, 3.05) is 63.6 Å². The summed E-state index contributed by atoms with van der Waals surface area (Å²) in [5.41, 5.74) is 1.67. The second-order valence-corrected chi connectivity index (χ2v) is 11.2. The van der Waals surface area contributed by atoms with Gasteiger partial charge in [0.15, 0.2) is 0 Å². The highest BCUT2D eigenvalue weighted by Gasteiger charge is 2.24. The fourth-order valence-electron chi connectivity index (χ4n) is 4.79. The van der Waals surface area contributed by atoms with Crippen LogP contribution >= 0.6 is 36.4 Å². The van der Waals surface area contributed by atoms with Crippen LogP contribution < -0.4 is 20.7 Å². The lowest BCUT2D eigenvalue weighted by Gasteiger charge is -2.32. The van der Waals surface area contributed by atoms with Crippen LogP contribution in [0.5, 0.6) is 5.88 Å². The second kappa shape index (κ2) is 11.7. The third-order valence-electron chi connectivity index (χ3n) is 6.86. The summed E-state index contributed by atoms with van der Waals surface area (Å²) in [5, 5.41) is 11.9. The van der Waals surface area contributed by atoms with Crippen LogP contribution in [0, 0.1) is 0 Å².